The highest BCUT2D eigenvalue weighted by molar-refractivity contribution is 6.30. The summed E-state index contributed by atoms with van der Waals surface area (Å²) >= 11 is 5.85. The van der Waals surface area contributed by atoms with Gasteiger partial charge in [-0.25, -0.2) is 4.68 Å². The lowest BCUT2D eigenvalue weighted by atomic mass is 9.87. The smallest absolute Gasteiger partial charge is 0.306 e. The molecule has 5 nitrogen and oxygen atoms in total. The fourth-order valence-corrected chi connectivity index (χ4v) is 2.84. The van der Waals surface area contributed by atoms with Gasteiger partial charge in [-0.15, -0.1) is 0 Å². The number of aliphatic carboxylic acids is 1. The third-order valence-corrected chi connectivity index (χ3v) is 4.21. The van der Waals surface area contributed by atoms with Gasteiger partial charge in [0, 0.05) is 11.1 Å². The van der Waals surface area contributed by atoms with Crippen LogP contribution in [0.5, 0.6) is 0 Å². The lowest BCUT2D eigenvalue weighted by Crippen LogP contribution is -2.30. The minimum absolute atomic E-state index is 0.209. The van der Waals surface area contributed by atoms with Crippen LogP contribution in [-0.4, -0.2) is 20.9 Å². The predicted octanol–water partition coefficient (Wildman–Crippen LogP) is 2.13. The van der Waals surface area contributed by atoms with Crippen molar-refractivity contribution in [2.75, 3.05) is 0 Å². The van der Waals surface area contributed by atoms with E-state index in [1.165, 1.54) is 10.7 Å². The standard InChI is InChI=1S/C16H15ClN2O3/c17-13-4-1-10(2-5-13)9-19-15(20)8-12-7-11(16(21)22)3-6-14(12)18-19/h1-2,4-5,8,11H,3,6-7,9H2,(H,21,22)/t11-/m1/s1. The average Bonchev–Trinajstić information content (AvgIpc) is 2.49. The summed E-state index contributed by atoms with van der Waals surface area (Å²) in [6.07, 6.45) is 1.54. The van der Waals surface area contributed by atoms with Crippen LogP contribution >= 0.6 is 11.6 Å². The van der Waals surface area contributed by atoms with Gasteiger partial charge in [0.1, 0.15) is 0 Å². The molecular weight excluding hydrogens is 304 g/mol. The van der Waals surface area contributed by atoms with E-state index >= 15 is 0 Å². The minimum Gasteiger partial charge on any atom is -0.481 e. The first-order chi connectivity index (χ1) is 10.5. The lowest BCUT2D eigenvalue weighted by molar-refractivity contribution is -0.142. The highest BCUT2D eigenvalue weighted by Crippen LogP contribution is 2.23. The zero-order chi connectivity index (χ0) is 15.7. The lowest BCUT2D eigenvalue weighted by Gasteiger charge is -2.21. The highest BCUT2D eigenvalue weighted by atomic mass is 35.5. The first-order valence-electron chi connectivity index (χ1n) is 7.10. The van der Waals surface area contributed by atoms with Crippen LogP contribution in [0.25, 0.3) is 0 Å². The summed E-state index contributed by atoms with van der Waals surface area (Å²) in [5, 5.41) is 14.1. The van der Waals surface area contributed by atoms with E-state index in [1.54, 1.807) is 12.1 Å². The Balaban J connectivity index is 1.87. The molecule has 22 heavy (non-hydrogen) atoms. The fourth-order valence-electron chi connectivity index (χ4n) is 2.72. The fraction of sp³-hybridized carbons (Fsp3) is 0.312. The van der Waals surface area contributed by atoms with Crippen molar-refractivity contribution in [1.82, 2.24) is 9.78 Å². The van der Waals surface area contributed by atoms with Gasteiger partial charge in [0.2, 0.25) is 0 Å². The van der Waals surface area contributed by atoms with Crippen LogP contribution in [0.4, 0.5) is 0 Å². The number of aryl methyl sites for hydroxylation is 1. The van der Waals surface area contributed by atoms with Crippen molar-refractivity contribution >= 4 is 17.6 Å². The Bertz CT molecular complexity index is 768. The monoisotopic (exact) mass is 318 g/mol. The second-order valence-corrected chi connectivity index (χ2v) is 5.95. The Kier molecular flexibility index (Phi) is 3.98. The topological polar surface area (TPSA) is 72.2 Å². The quantitative estimate of drug-likeness (QED) is 0.941. The molecular formula is C16H15ClN2O3. The molecule has 0 unspecified atom stereocenters. The normalized spacial score (nSPS) is 17.0. The second-order valence-electron chi connectivity index (χ2n) is 5.52. The number of hydrogen-bond donors (Lipinski definition) is 1. The van der Waals surface area contributed by atoms with Gasteiger partial charge in [0.25, 0.3) is 5.56 Å². The molecule has 0 aliphatic heterocycles. The Labute approximate surface area is 132 Å². The van der Waals surface area contributed by atoms with Gasteiger partial charge in [-0.2, -0.15) is 5.10 Å². The molecule has 0 amide bonds. The Morgan fingerprint density at radius 3 is 2.77 bits per heavy atom. The van der Waals surface area contributed by atoms with Gasteiger partial charge in [0.05, 0.1) is 18.2 Å². The van der Waals surface area contributed by atoms with Crippen LogP contribution in [0.2, 0.25) is 5.02 Å². The Morgan fingerprint density at radius 2 is 2.09 bits per heavy atom. The molecule has 1 aromatic heterocycles. The van der Waals surface area contributed by atoms with Crippen molar-refractivity contribution in [3.05, 3.63) is 62.5 Å². The summed E-state index contributed by atoms with van der Waals surface area (Å²) < 4.78 is 1.42. The van der Waals surface area contributed by atoms with E-state index in [4.69, 9.17) is 16.7 Å². The maximum atomic E-state index is 12.2. The first-order valence-corrected chi connectivity index (χ1v) is 7.48. The van der Waals surface area contributed by atoms with Crippen molar-refractivity contribution in [2.45, 2.75) is 25.8 Å². The van der Waals surface area contributed by atoms with E-state index in [1.807, 2.05) is 12.1 Å². The molecule has 1 aliphatic carbocycles. The SMILES string of the molecule is O=C(O)[C@@H]1CCc2nn(Cc3ccc(Cl)cc3)c(=O)cc2C1. The van der Waals surface area contributed by atoms with Crippen LogP contribution in [0.1, 0.15) is 23.2 Å². The van der Waals surface area contributed by atoms with E-state index in [2.05, 4.69) is 5.10 Å². The number of nitrogens with zero attached hydrogens (tertiary/aromatic N) is 2. The molecule has 0 saturated heterocycles. The summed E-state index contributed by atoms with van der Waals surface area (Å²) in [5.74, 6) is -1.23. The number of halogens is 1. The van der Waals surface area contributed by atoms with Gasteiger partial charge >= 0.3 is 5.97 Å². The zero-order valence-electron chi connectivity index (χ0n) is 11.8. The molecule has 1 aliphatic rings. The van der Waals surface area contributed by atoms with Gasteiger partial charge in [-0.3, -0.25) is 9.59 Å². The molecule has 0 spiro atoms. The van der Waals surface area contributed by atoms with Gasteiger partial charge in [-0.1, -0.05) is 23.7 Å². The number of rotatable bonds is 3. The summed E-state index contributed by atoms with van der Waals surface area (Å²) in [7, 11) is 0. The number of benzene rings is 1. The Hall–Kier alpha value is -2.14. The van der Waals surface area contributed by atoms with Crippen LogP contribution in [0.15, 0.2) is 35.1 Å². The average molecular weight is 319 g/mol. The largest absolute Gasteiger partial charge is 0.481 e. The van der Waals surface area contributed by atoms with Crippen molar-refractivity contribution in [3.63, 3.8) is 0 Å². The highest BCUT2D eigenvalue weighted by Gasteiger charge is 2.25. The molecule has 2 aromatic rings. The number of fused-ring (bicyclic) bond motifs is 1. The maximum absolute atomic E-state index is 12.2. The van der Waals surface area contributed by atoms with Crippen molar-refractivity contribution in [2.24, 2.45) is 5.92 Å². The minimum atomic E-state index is -0.809. The predicted molar refractivity (Wildman–Crippen MR) is 82.2 cm³/mol. The zero-order valence-corrected chi connectivity index (χ0v) is 12.6. The maximum Gasteiger partial charge on any atom is 0.306 e. The summed E-state index contributed by atoms with van der Waals surface area (Å²) in [6.45, 7) is 0.381. The number of aromatic nitrogens is 2. The van der Waals surface area contributed by atoms with Crippen molar-refractivity contribution < 1.29 is 9.90 Å². The molecule has 1 aromatic carbocycles. The molecule has 114 valence electrons. The number of carboxylic acids is 1. The first kappa shape index (κ1) is 14.8. The number of carboxylic acid groups (broad SMARTS) is 1. The third-order valence-electron chi connectivity index (χ3n) is 3.95. The van der Waals surface area contributed by atoms with Gasteiger partial charge in [0.15, 0.2) is 0 Å². The van der Waals surface area contributed by atoms with E-state index < -0.39 is 11.9 Å². The van der Waals surface area contributed by atoms with E-state index in [0.29, 0.717) is 30.8 Å². The van der Waals surface area contributed by atoms with Crippen LogP contribution in [0, 0.1) is 5.92 Å². The molecule has 0 bridgehead atoms. The van der Waals surface area contributed by atoms with Gasteiger partial charge < -0.3 is 5.11 Å². The molecule has 1 N–H and O–H groups in total. The number of carbonyl (C=O) groups is 1. The van der Waals surface area contributed by atoms with E-state index in [0.717, 1.165) is 16.8 Å². The molecule has 1 heterocycles. The molecule has 3 rings (SSSR count). The summed E-state index contributed by atoms with van der Waals surface area (Å²) in [4.78, 5) is 23.2. The van der Waals surface area contributed by atoms with E-state index in [9.17, 15) is 9.59 Å². The van der Waals surface area contributed by atoms with Crippen LogP contribution in [0.3, 0.4) is 0 Å². The van der Waals surface area contributed by atoms with Crippen LogP contribution in [-0.2, 0) is 24.2 Å². The molecule has 6 heteroatoms. The molecule has 0 fully saturated rings. The summed E-state index contributed by atoms with van der Waals surface area (Å²) in [6, 6.07) is 8.79. The second kappa shape index (κ2) is 5.93. The molecule has 1 atom stereocenters. The van der Waals surface area contributed by atoms with Crippen molar-refractivity contribution in [1.29, 1.82) is 0 Å². The van der Waals surface area contributed by atoms with Crippen LogP contribution < -0.4 is 5.56 Å². The third kappa shape index (κ3) is 3.04. The van der Waals surface area contributed by atoms with Gasteiger partial charge in [-0.05, 0) is 42.5 Å². The Morgan fingerprint density at radius 1 is 1.36 bits per heavy atom. The number of hydrogen-bond acceptors (Lipinski definition) is 3. The molecule has 0 radical (unpaired) electrons. The van der Waals surface area contributed by atoms with Crippen molar-refractivity contribution in [3.8, 4) is 0 Å². The molecule has 0 saturated carbocycles. The summed E-state index contributed by atoms with van der Waals surface area (Å²) in [5.41, 5.74) is 2.32. The van der Waals surface area contributed by atoms with E-state index in [-0.39, 0.29) is 5.56 Å².